The summed E-state index contributed by atoms with van der Waals surface area (Å²) in [7, 11) is 0. The van der Waals surface area contributed by atoms with Gasteiger partial charge in [-0.3, -0.25) is 14.9 Å². The minimum absolute atomic E-state index is 0.00459. The van der Waals surface area contributed by atoms with E-state index >= 15 is 0 Å². The van der Waals surface area contributed by atoms with Gasteiger partial charge in [0, 0.05) is 23.4 Å². The third-order valence-electron chi connectivity index (χ3n) is 4.23. The fraction of sp³-hybridized carbons (Fsp3) is 0.100. The van der Waals surface area contributed by atoms with Crippen LogP contribution in [0.3, 0.4) is 0 Å². The average molecular weight is 498 g/mol. The number of thiocarbonyl (C=S) groups is 1. The van der Waals surface area contributed by atoms with Crippen LogP contribution in [0.25, 0.3) is 10.8 Å². The molecule has 0 unspecified atom stereocenters. The van der Waals surface area contributed by atoms with Gasteiger partial charge in [-0.2, -0.15) is 0 Å². The van der Waals surface area contributed by atoms with Crippen LogP contribution >= 0.6 is 47.0 Å². The number of hydrogen-bond acceptors (Lipinski definition) is 4. The van der Waals surface area contributed by atoms with Gasteiger partial charge in [0.15, 0.2) is 5.11 Å². The van der Waals surface area contributed by atoms with E-state index in [2.05, 4.69) is 16.0 Å². The average Bonchev–Trinajstić information content (AvgIpc) is 2.72. The Bertz CT molecular complexity index is 1150. The molecule has 0 saturated carbocycles. The third kappa shape index (κ3) is 5.95. The summed E-state index contributed by atoms with van der Waals surface area (Å²) in [5, 5.41) is 20.7. The minimum Gasteiger partial charge on any atom is -0.339 e. The first-order chi connectivity index (χ1) is 14.6. The van der Waals surface area contributed by atoms with Gasteiger partial charge in [0.2, 0.25) is 3.79 Å². The molecular formula is C20H15Cl3N4O3S. The van der Waals surface area contributed by atoms with Gasteiger partial charge < -0.3 is 16.0 Å². The number of nitro groups is 1. The van der Waals surface area contributed by atoms with E-state index < -0.39 is 20.8 Å². The Morgan fingerprint density at radius 3 is 2.39 bits per heavy atom. The number of carbonyl (C=O) groups excluding carboxylic acids is 1. The van der Waals surface area contributed by atoms with E-state index in [1.165, 1.54) is 18.2 Å². The summed E-state index contributed by atoms with van der Waals surface area (Å²) < 4.78 is -1.95. The molecular weight excluding hydrogens is 483 g/mol. The highest BCUT2D eigenvalue weighted by atomic mass is 35.6. The van der Waals surface area contributed by atoms with Crippen molar-refractivity contribution in [1.82, 2.24) is 10.6 Å². The fourth-order valence-electron chi connectivity index (χ4n) is 2.83. The first kappa shape index (κ1) is 23.0. The van der Waals surface area contributed by atoms with Crippen molar-refractivity contribution in [3.05, 3.63) is 82.4 Å². The van der Waals surface area contributed by atoms with Gasteiger partial charge in [0.1, 0.15) is 6.17 Å². The Morgan fingerprint density at radius 1 is 1.00 bits per heavy atom. The second-order valence-electron chi connectivity index (χ2n) is 6.38. The Kier molecular flexibility index (Phi) is 7.17. The van der Waals surface area contributed by atoms with Crippen LogP contribution in [-0.2, 0) is 0 Å². The number of hydrogen-bond donors (Lipinski definition) is 3. The number of nitrogens with zero attached hydrogens (tertiary/aromatic N) is 1. The fourth-order valence-corrected chi connectivity index (χ4v) is 3.39. The second-order valence-corrected chi connectivity index (χ2v) is 9.16. The number of nitrogens with one attached hydrogen (secondary N) is 3. The number of amides is 1. The molecule has 0 bridgehead atoms. The standard InChI is InChI=1S/C20H15Cl3N4O3S/c21-20(22,23)18(26-19(31)24-13-7-4-8-14(11-13)27(29)30)25-17(28)16-10-3-6-12-5-1-2-9-15(12)16/h1-11,18H,(H,25,28)(H2,24,26,31)/t18-/m1/s1. The van der Waals surface area contributed by atoms with Crippen molar-refractivity contribution < 1.29 is 9.72 Å². The first-order valence-electron chi connectivity index (χ1n) is 8.82. The molecule has 0 saturated heterocycles. The predicted molar refractivity (Wildman–Crippen MR) is 128 cm³/mol. The maximum atomic E-state index is 12.9. The maximum Gasteiger partial charge on any atom is 0.271 e. The summed E-state index contributed by atoms with van der Waals surface area (Å²) in [4.78, 5) is 23.3. The quantitative estimate of drug-likeness (QED) is 0.148. The van der Waals surface area contributed by atoms with Gasteiger partial charge in [-0.15, -0.1) is 0 Å². The number of non-ortho nitro benzene ring substituents is 1. The van der Waals surface area contributed by atoms with Crippen molar-refractivity contribution in [3.63, 3.8) is 0 Å². The van der Waals surface area contributed by atoms with Gasteiger partial charge in [-0.1, -0.05) is 77.3 Å². The van der Waals surface area contributed by atoms with Gasteiger partial charge in [0.25, 0.3) is 11.6 Å². The molecule has 3 aromatic rings. The summed E-state index contributed by atoms with van der Waals surface area (Å²) in [6, 6.07) is 18.4. The highest BCUT2D eigenvalue weighted by Gasteiger charge is 2.35. The van der Waals surface area contributed by atoms with E-state index in [1.54, 1.807) is 18.2 Å². The highest BCUT2D eigenvalue weighted by molar-refractivity contribution is 7.80. The molecule has 0 aliphatic carbocycles. The molecule has 0 radical (unpaired) electrons. The van der Waals surface area contributed by atoms with E-state index in [1.807, 2.05) is 30.3 Å². The lowest BCUT2D eigenvalue weighted by molar-refractivity contribution is -0.384. The molecule has 3 rings (SSSR count). The zero-order valence-corrected chi connectivity index (χ0v) is 18.7. The van der Waals surface area contributed by atoms with Crippen molar-refractivity contribution in [1.29, 1.82) is 0 Å². The molecule has 3 aromatic carbocycles. The Morgan fingerprint density at radius 2 is 1.68 bits per heavy atom. The smallest absolute Gasteiger partial charge is 0.271 e. The molecule has 0 spiro atoms. The lowest BCUT2D eigenvalue weighted by atomic mass is 10.0. The van der Waals surface area contributed by atoms with Crippen molar-refractivity contribution in [2.45, 2.75) is 9.96 Å². The summed E-state index contributed by atoms with van der Waals surface area (Å²) >= 11 is 23.3. The number of halogens is 3. The number of fused-ring (bicyclic) bond motifs is 1. The Labute approximate surface area is 197 Å². The summed E-state index contributed by atoms with van der Waals surface area (Å²) in [5.74, 6) is -0.473. The van der Waals surface area contributed by atoms with Gasteiger partial charge >= 0.3 is 0 Å². The molecule has 3 N–H and O–H groups in total. The Hall–Kier alpha value is -2.65. The number of rotatable bonds is 5. The predicted octanol–water partition coefficient (Wildman–Crippen LogP) is 5.16. The van der Waals surface area contributed by atoms with Crippen molar-refractivity contribution in [2.75, 3.05) is 5.32 Å². The van der Waals surface area contributed by atoms with Crippen LogP contribution < -0.4 is 16.0 Å². The van der Waals surface area contributed by atoms with E-state index in [9.17, 15) is 14.9 Å². The summed E-state index contributed by atoms with van der Waals surface area (Å²) in [5.41, 5.74) is 0.641. The molecule has 0 heterocycles. The lowest BCUT2D eigenvalue weighted by Crippen LogP contribution is -2.56. The highest BCUT2D eigenvalue weighted by Crippen LogP contribution is 2.30. The second kappa shape index (κ2) is 9.65. The molecule has 0 aliphatic heterocycles. The van der Waals surface area contributed by atoms with E-state index in [0.29, 0.717) is 11.3 Å². The molecule has 0 fully saturated rings. The number of anilines is 1. The zero-order valence-electron chi connectivity index (χ0n) is 15.6. The van der Waals surface area contributed by atoms with Crippen LogP contribution in [-0.4, -0.2) is 25.9 Å². The van der Waals surface area contributed by atoms with Crippen LogP contribution in [0, 0.1) is 10.1 Å². The van der Waals surface area contributed by atoms with Crippen LogP contribution in [0.1, 0.15) is 10.4 Å². The largest absolute Gasteiger partial charge is 0.339 e. The molecule has 160 valence electrons. The Balaban J connectivity index is 1.76. The lowest BCUT2D eigenvalue weighted by Gasteiger charge is -2.28. The van der Waals surface area contributed by atoms with Gasteiger partial charge in [-0.25, -0.2) is 0 Å². The van der Waals surface area contributed by atoms with Crippen LogP contribution in [0.15, 0.2) is 66.7 Å². The molecule has 1 amide bonds. The van der Waals surface area contributed by atoms with Gasteiger partial charge in [0.05, 0.1) is 4.92 Å². The monoisotopic (exact) mass is 496 g/mol. The molecule has 31 heavy (non-hydrogen) atoms. The normalized spacial score (nSPS) is 12.1. The first-order valence-corrected chi connectivity index (χ1v) is 10.4. The number of benzene rings is 3. The summed E-state index contributed by atoms with van der Waals surface area (Å²) in [6.45, 7) is 0. The van der Waals surface area contributed by atoms with E-state index in [4.69, 9.17) is 47.0 Å². The number of nitro benzene ring substituents is 1. The van der Waals surface area contributed by atoms with Crippen molar-refractivity contribution in [2.24, 2.45) is 0 Å². The van der Waals surface area contributed by atoms with Crippen LogP contribution in [0.2, 0.25) is 0 Å². The molecule has 1 atom stereocenters. The summed E-state index contributed by atoms with van der Waals surface area (Å²) in [6.07, 6.45) is -1.19. The zero-order chi connectivity index (χ0) is 22.6. The third-order valence-corrected chi connectivity index (χ3v) is 5.10. The molecule has 7 nitrogen and oxygen atoms in total. The topological polar surface area (TPSA) is 96.3 Å². The number of alkyl halides is 3. The van der Waals surface area contributed by atoms with Crippen LogP contribution in [0.5, 0.6) is 0 Å². The minimum atomic E-state index is -1.95. The van der Waals surface area contributed by atoms with Crippen LogP contribution in [0.4, 0.5) is 11.4 Å². The van der Waals surface area contributed by atoms with Gasteiger partial charge in [-0.05, 0) is 35.1 Å². The number of carbonyl (C=O) groups is 1. The SMILES string of the molecule is O=C(N[C@H](NC(=S)Nc1cccc([N+](=O)[O-])c1)C(Cl)(Cl)Cl)c1cccc2ccccc12. The van der Waals surface area contributed by atoms with E-state index in [-0.39, 0.29) is 10.8 Å². The molecule has 0 aliphatic rings. The van der Waals surface area contributed by atoms with E-state index in [0.717, 1.165) is 10.8 Å². The van der Waals surface area contributed by atoms with Crippen molar-refractivity contribution in [3.8, 4) is 0 Å². The maximum absolute atomic E-state index is 12.9. The molecule has 0 aromatic heterocycles. The molecule has 11 heteroatoms. The van der Waals surface area contributed by atoms with Crippen molar-refractivity contribution >= 4 is 80.2 Å².